The number of hydrogen-bond acceptors (Lipinski definition) is 4. The van der Waals surface area contributed by atoms with E-state index in [2.05, 4.69) is 13.2 Å². The molecular formula is C17H14O5. The Kier molecular flexibility index (Phi) is 3.99. The maximum absolute atomic E-state index is 12.0. The predicted molar refractivity (Wildman–Crippen MR) is 82.3 cm³/mol. The van der Waals surface area contributed by atoms with Crippen molar-refractivity contribution in [1.29, 1.82) is 0 Å². The van der Waals surface area contributed by atoms with Gasteiger partial charge in [0.15, 0.2) is 5.78 Å². The highest BCUT2D eigenvalue weighted by molar-refractivity contribution is 6.05. The Bertz CT molecular complexity index is 804. The van der Waals surface area contributed by atoms with Crippen LogP contribution in [0.1, 0.15) is 21.8 Å². The molecule has 0 fully saturated rings. The fourth-order valence-electron chi connectivity index (χ4n) is 2.41. The van der Waals surface area contributed by atoms with Crippen molar-refractivity contribution in [1.82, 2.24) is 0 Å². The molecule has 0 saturated carbocycles. The molecule has 0 aliphatic carbocycles. The minimum Gasteiger partial charge on any atom is -0.512 e. The minimum atomic E-state index is -1.34. The Morgan fingerprint density at radius 3 is 2.36 bits per heavy atom. The molecule has 1 unspecified atom stereocenters. The molecule has 0 amide bonds. The molecule has 2 rings (SSSR count). The Balaban J connectivity index is 2.93. The van der Waals surface area contributed by atoms with Gasteiger partial charge in [-0.15, -0.1) is 0 Å². The van der Waals surface area contributed by atoms with Crippen LogP contribution in [-0.4, -0.2) is 27.1 Å². The molecular weight excluding hydrogens is 284 g/mol. The van der Waals surface area contributed by atoms with Crippen molar-refractivity contribution in [2.75, 3.05) is 0 Å². The number of carboxylic acids is 1. The molecule has 0 saturated heterocycles. The summed E-state index contributed by atoms with van der Waals surface area (Å²) in [6, 6.07) is 7.98. The number of hydrogen-bond donors (Lipinski definition) is 3. The molecule has 112 valence electrons. The van der Waals surface area contributed by atoms with Crippen LogP contribution in [0.15, 0.2) is 55.3 Å². The number of ketones is 1. The van der Waals surface area contributed by atoms with Crippen LogP contribution in [0.25, 0.3) is 10.8 Å². The second-order valence-electron chi connectivity index (χ2n) is 4.74. The Morgan fingerprint density at radius 2 is 1.82 bits per heavy atom. The fourth-order valence-corrected chi connectivity index (χ4v) is 2.41. The molecule has 5 heteroatoms. The topological polar surface area (TPSA) is 94.8 Å². The average molecular weight is 298 g/mol. The van der Waals surface area contributed by atoms with E-state index in [0.29, 0.717) is 10.8 Å². The van der Waals surface area contributed by atoms with Crippen molar-refractivity contribution in [2.45, 2.75) is 5.92 Å². The molecule has 1 atom stereocenters. The van der Waals surface area contributed by atoms with Crippen LogP contribution in [0.2, 0.25) is 0 Å². The summed E-state index contributed by atoms with van der Waals surface area (Å²) in [6.07, 6.45) is 0.994. The van der Waals surface area contributed by atoms with Gasteiger partial charge in [-0.3, -0.25) is 4.79 Å². The summed E-state index contributed by atoms with van der Waals surface area (Å²) in [5.74, 6) is -4.26. The van der Waals surface area contributed by atoms with E-state index in [1.54, 1.807) is 24.3 Å². The standard InChI is InChI=1S/C17H14O5/c1-3-13(19)14(9(2)18)15-11-7-5-4-6-10(11)8-12(16(15)20)17(21)22/h3-8,14,18,20H,1-2H2,(H,21,22). The van der Waals surface area contributed by atoms with Crippen LogP contribution < -0.4 is 0 Å². The van der Waals surface area contributed by atoms with Crippen LogP contribution in [0.4, 0.5) is 0 Å². The molecule has 5 nitrogen and oxygen atoms in total. The summed E-state index contributed by atoms with van der Waals surface area (Å²) in [5.41, 5.74) is -0.343. The first-order chi connectivity index (χ1) is 10.4. The first kappa shape index (κ1) is 15.3. The lowest BCUT2D eigenvalue weighted by Crippen LogP contribution is -2.14. The smallest absolute Gasteiger partial charge is 0.339 e. The van der Waals surface area contributed by atoms with Gasteiger partial charge in [0, 0.05) is 5.56 Å². The first-order valence-corrected chi connectivity index (χ1v) is 6.40. The van der Waals surface area contributed by atoms with E-state index in [1.807, 2.05) is 0 Å². The van der Waals surface area contributed by atoms with Crippen LogP contribution >= 0.6 is 0 Å². The highest BCUT2D eigenvalue weighted by Gasteiger charge is 2.29. The number of carbonyl (C=O) groups is 2. The number of carboxylic acid groups (broad SMARTS) is 1. The van der Waals surface area contributed by atoms with E-state index < -0.39 is 29.2 Å². The third-order valence-electron chi connectivity index (χ3n) is 3.40. The minimum absolute atomic E-state index is 0.00731. The molecule has 2 aromatic carbocycles. The number of aliphatic hydroxyl groups is 1. The van der Waals surface area contributed by atoms with Crippen LogP contribution in [0.5, 0.6) is 5.75 Å². The first-order valence-electron chi connectivity index (χ1n) is 6.40. The second-order valence-corrected chi connectivity index (χ2v) is 4.74. The Hall–Kier alpha value is -3.08. The second kappa shape index (κ2) is 5.73. The summed E-state index contributed by atoms with van der Waals surface area (Å²) in [4.78, 5) is 23.3. The van der Waals surface area contributed by atoms with Crippen LogP contribution in [0.3, 0.4) is 0 Å². The van der Waals surface area contributed by atoms with Crippen molar-refractivity contribution in [3.05, 3.63) is 66.5 Å². The zero-order chi connectivity index (χ0) is 16.4. The maximum atomic E-state index is 12.0. The van der Waals surface area contributed by atoms with Gasteiger partial charge < -0.3 is 15.3 Å². The monoisotopic (exact) mass is 298 g/mol. The summed E-state index contributed by atoms with van der Waals surface area (Å²) in [5, 5.41) is 30.3. The number of aromatic hydroxyl groups is 1. The number of carbonyl (C=O) groups excluding carboxylic acids is 1. The van der Waals surface area contributed by atoms with Gasteiger partial charge in [0.2, 0.25) is 0 Å². The fraction of sp³-hybridized carbons (Fsp3) is 0.0588. The summed E-state index contributed by atoms with van der Waals surface area (Å²) in [7, 11) is 0. The number of rotatable bonds is 5. The summed E-state index contributed by atoms with van der Waals surface area (Å²) < 4.78 is 0. The van der Waals surface area contributed by atoms with Crippen molar-refractivity contribution >= 4 is 22.5 Å². The van der Waals surface area contributed by atoms with Crippen LogP contribution in [-0.2, 0) is 4.79 Å². The van der Waals surface area contributed by atoms with Gasteiger partial charge in [-0.1, -0.05) is 37.4 Å². The van der Waals surface area contributed by atoms with E-state index in [1.165, 1.54) is 6.07 Å². The lowest BCUT2D eigenvalue weighted by molar-refractivity contribution is -0.115. The highest BCUT2D eigenvalue weighted by Crippen LogP contribution is 2.39. The average Bonchev–Trinajstić information content (AvgIpc) is 2.48. The van der Waals surface area contributed by atoms with Crippen molar-refractivity contribution < 1.29 is 24.9 Å². The third kappa shape index (κ3) is 2.44. The van der Waals surface area contributed by atoms with E-state index in [4.69, 9.17) is 0 Å². The zero-order valence-corrected chi connectivity index (χ0v) is 11.6. The SMILES string of the molecule is C=CC(=O)C(C(=C)O)c1c(O)c(C(=O)O)cc2ccccc12. The summed E-state index contributed by atoms with van der Waals surface area (Å²) in [6.45, 7) is 6.71. The predicted octanol–water partition coefficient (Wildman–Crippen LogP) is 3.15. The Morgan fingerprint density at radius 1 is 1.18 bits per heavy atom. The van der Waals surface area contributed by atoms with Gasteiger partial charge in [0.1, 0.15) is 23.0 Å². The van der Waals surface area contributed by atoms with E-state index in [0.717, 1.165) is 6.08 Å². The Labute approximate surface area is 126 Å². The molecule has 3 N–H and O–H groups in total. The molecule has 0 spiro atoms. The molecule has 0 heterocycles. The number of aliphatic hydroxyl groups excluding tert-OH is 1. The summed E-state index contributed by atoms with van der Waals surface area (Å²) >= 11 is 0. The lowest BCUT2D eigenvalue weighted by Gasteiger charge is -2.18. The highest BCUT2D eigenvalue weighted by atomic mass is 16.4. The largest absolute Gasteiger partial charge is 0.512 e. The molecule has 0 aromatic heterocycles. The zero-order valence-electron chi connectivity index (χ0n) is 11.6. The van der Waals surface area contributed by atoms with Crippen molar-refractivity contribution in [2.24, 2.45) is 0 Å². The molecule has 2 aromatic rings. The van der Waals surface area contributed by atoms with Gasteiger partial charge in [-0.25, -0.2) is 4.79 Å². The number of aromatic carboxylic acids is 1. The maximum Gasteiger partial charge on any atom is 0.339 e. The molecule has 0 radical (unpaired) electrons. The van der Waals surface area contributed by atoms with Crippen molar-refractivity contribution in [3.63, 3.8) is 0 Å². The lowest BCUT2D eigenvalue weighted by atomic mass is 9.86. The number of phenols is 1. The van der Waals surface area contributed by atoms with Crippen molar-refractivity contribution in [3.8, 4) is 5.75 Å². The molecule has 22 heavy (non-hydrogen) atoms. The molecule has 0 aliphatic heterocycles. The number of benzene rings is 2. The van der Waals surface area contributed by atoms with Crippen LogP contribution in [0, 0.1) is 0 Å². The van der Waals surface area contributed by atoms with E-state index >= 15 is 0 Å². The number of allylic oxidation sites excluding steroid dienone is 2. The van der Waals surface area contributed by atoms with Gasteiger partial charge in [-0.05, 0) is 22.9 Å². The van der Waals surface area contributed by atoms with Gasteiger partial charge >= 0.3 is 5.97 Å². The third-order valence-corrected chi connectivity index (χ3v) is 3.40. The van der Waals surface area contributed by atoms with E-state index in [9.17, 15) is 24.9 Å². The van der Waals surface area contributed by atoms with Gasteiger partial charge in [0.05, 0.1) is 0 Å². The number of fused-ring (bicyclic) bond motifs is 1. The molecule has 0 aliphatic rings. The molecule has 0 bridgehead atoms. The van der Waals surface area contributed by atoms with E-state index in [-0.39, 0.29) is 11.1 Å². The van der Waals surface area contributed by atoms with Gasteiger partial charge in [-0.2, -0.15) is 0 Å². The quantitative estimate of drug-likeness (QED) is 0.582. The van der Waals surface area contributed by atoms with Gasteiger partial charge in [0.25, 0.3) is 0 Å². The normalized spacial score (nSPS) is 11.8.